The molecule has 7 nitrogen and oxygen atoms in total. The molecule has 0 aliphatic carbocycles. The molecule has 8 heteroatoms. The number of hydrogen-bond acceptors (Lipinski definition) is 4. The highest BCUT2D eigenvalue weighted by molar-refractivity contribution is 7.89. The fourth-order valence-electron chi connectivity index (χ4n) is 2.19. The highest BCUT2D eigenvalue weighted by atomic mass is 32.2. The Balaban J connectivity index is 2.53. The Morgan fingerprint density at radius 1 is 1.43 bits per heavy atom. The number of carboxylic acids is 1. The summed E-state index contributed by atoms with van der Waals surface area (Å²) in [4.78, 5) is 15.5. The number of sulfonamides is 1. The lowest BCUT2D eigenvalue weighted by atomic mass is 10.2. The number of aryl methyl sites for hydroxylation is 2. The molecule has 3 N–H and O–H groups in total. The standard InChI is InChI=1S/C13H17N3O4S/c1-2-3-12-15-10-5-4-9(13(17)18)8-11(10)16(12)6-7-21(14,19)20/h4-5,8H,2-3,6-7H2,1H3,(H,17,18)(H2,14,19,20). The van der Waals surface area contributed by atoms with Gasteiger partial charge in [-0.3, -0.25) is 0 Å². The normalized spacial score (nSPS) is 11.9. The quantitative estimate of drug-likeness (QED) is 0.825. The summed E-state index contributed by atoms with van der Waals surface area (Å²) in [6.07, 6.45) is 1.53. The predicted molar refractivity (Wildman–Crippen MR) is 78.7 cm³/mol. The number of benzene rings is 1. The zero-order valence-electron chi connectivity index (χ0n) is 11.6. The van der Waals surface area contributed by atoms with Gasteiger partial charge in [0.05, 0.1) is 22.3 Å². The number of carbonyl (C=O) groups is 1. The Kier molecular flexibility index (Phi) is 4.29. The lowest BCUT2D eigenvalue weighted by Gasteiger charge is -2.08. The van der Waals surface area contributed by atoms with Crippen molar-refractivity contribution in [1.82, 2.24) is 9.55 Å². The Morgan fingerprint density at radius 3 is 2.71 bits per heavy atom. The summed E-state index contributed by atoms with van der Waals surface area (Å²) in [6, 6.07) is 4.62. The molecule has 2 rings (SSSR count). The van der Waals surface area contributed by atoms with Gasteiger partial charge in [-0.05, 0) is 24.6 Å². The van der Waals surface area contributed by atoms with Crippen LogP contribution < -0.4 is 5.14 Å². The number of fused-ring (bicyclic) bond motifs is 1. The van der Waals surface area contributed by atoms with Crippen LogP contribution in [0.3, 0.4) is 0 Å². The second-order valence-electron chi connectivity index (χ2n) is 4.81. The van der Waals surface area contributed by atoms with Crippen LogP contribution in [-0.4, -0.2) is 34.8 Å². The topological polar surface area (TPSA) is 115 Å². The SMILES string of the molecule is CCCc1nc2ccc(C(=O)O)cc2n1CCS(N)(=O)=O. The average Bonchev–Trinajstić information content (AvgIpc) is 2.72. The molecule has 0 unspecified atom stereocenters. The number of nitrogens with two attached hydrogens (primary N) is 1. The van der Waals surface area contributed by atoms with Gasteiger partial charge in [-0.15, -0.1) is 0 Å². The maximum atomic E-state index is 11.2. The minimum atomic E-state index is -3.59. The van der Waals surface area contributed by atoms with Gasteiger partial charge in [-0.25, -0.2) is 23.3 Å². The number of carboxylic acid groups (broad SMARTS) is 1. The largest absolute Gasteiger partial charge is 0.478 e. The average molecular weight is 311 g/mol. The van der Waals surface area contributed by atoms with E-state index >= 15 is 0 Å². The van der Waals surface area contributed by atoms with Crippen LogP contribution in [0.15, 0.2) is 18.2 Å². The first-order chi connectivity index (χ1) is 9.81. The third-order valence-corrected chi connectivity index (χ3v) is 3.90. The van der Waals surface area contributed by atoms with E-state index in [-0.39, 0.29) is 17.9 Å². The molecule has 0 amide bonds. The Morgan fingerprint density at radius 2 is 2.14 bits per heavy atom. The molecule has 0 fully saturated rings. The van der Waals surface area contributed by atoms with E-state index in [4.69, 9.17) is 10.2 Å². The summed E-state index contributed by atoms with van der Waals surface area (Å²) in [6.45, 7) is 2.15. The molecule has 1 heterocycles. The number of nitrogens with zero attached hydrogens (tertiary/aromatic N) is 2. The number of aromatic nitrogens is 2. The summed E-state index contributed by atoms with van der Waals surface area (Å²) in [5.74, 6) is -0.515. The monoisotopic (exact) mass is 311 g/mol. The lowest BCUT2D eigenvalue weighted by Crippen LogP contribution is -2.21. The number of primary sulfonamides is 1. The molecule has 21 heavy (non-hydrogen) atoms. The molecule has 2 aromatic rings. The lowest BCUT2D eigenvalue weighted by molar-refractivity contribution is 0.0697. The molecule has 114 valence electrons. The Bertz CT molecular complexity index is 780. The number of hydrogen-bond donors (Lipinski definition) is 2. The highest BCUT2D eigenvalue weighted by Gasteiger charge is 2.14. The van der Waals surface area contributed by atoms with E-state index in [1.54, 1.807) is 10.6 Å². The van der Waals surface area contributed by atoms with Gasteiger partial charge in [0.1, 0.15) is 5.82 Å². The summed E-state index contributed by atoms with van der Waals surface area (Å²) >= 11 is 0. The van der Waals surface area contributed by atoms with Crippen molar-refractivity contribution in [3.05, 3.63) is 29.6 Å². The van der Waals surface area contributed by atoms with E-state index in [2.05, 4.69) is 4.98 Å². The third kappa shape index (κ3) is 3.59. The van der Waals surface area contributed by atoms with Crippen LogP contribution in [0.4, 0.5) is 0 Å². The Hall–Kier alpha value is -1.93. The van der Waals surface area contributed by atoms with Gasteiger partial charge in [-0.1, -0.05) is 6.92 Å². The van der Waals surface area contributed by atoms with E-state index in [1.165, 1.54) is 12.1 Å². The molecule has 0 radical (unpaired) electrons. The maximum Gasteiger partial charge on any atom is 0.335 e. The minimum absolute atomic E-state index is 0.141. The van der Waals surface area contributed by atoms with Crippen LogP contribution in [0.25, 0.3) is 11.0 Å². The van der Waals surface area contributed by atoms with Crippen molar-refractivity contribution in [3.8, 4) is 0 Å². The summed E-state index contributed by atoms with van der Waals surface area (Å²) in [7, 11) is -3.59. The Labute approximate surface area is 122 Å². The molecule has 0 spiro atoms. The summed E-state index contributed by atoms with van der Waals surface area (Å²) in [5, 5.41) is 14.1. The molecule has 1 aromatic heterocycles. The molecule has 0 bridgehead atoms. The van der Waals surface area contributed by atoms with E-state index in [0.717, 1.165) is 12.2 Å². The van der Waals surface area contributed by atoms with Crippen molar-refractivity contribution >= 4 is 27.0 Å². The fourth-order valence-corrected chi connectivity index (χ4v) is 2.63. The van der Waals surface area contributed by atoms with Gasteiger partial charge in [0, 0.05) is 13.0 Å². The summed E-state index contributed by atoms with van der Waals surface area (Å²) < 4.78 is 24.0. The van der Waals surface area contributed by atoms with Crippen LogP contribution in [0.2, 0.25) is 0 Å². The van der Waals surface area contributed by atoms with E-state index < -0.39 is 16.0 Å². The van der Waals surface area contributed by atoms with Gasteiger partial charge < -0.3 is 9.67 Å². The van der Waals surface area contributed by atoms with Gasteiger partial charge in [0.25, 0.3) is 0 Å². The van der Waals surface area contributed by atoms with Crippen molar-refractivity contribution in [1.29, 1.82) is 0 Å². The summed E-state index contributed by atoms with van der Waals surface area (Å²) in [5.41, 5.74) is 1.40. The number of imidazole rings is 1. The van der Waals surface area contributed by atoms with Crippen LogP contribution in [-0.2, 0) is 23.0 Å². The van der Waals surface area contributed by atoms with E-state index in [0.29, 0.717) is 17.5 Å². The first-order valence-electron chi connectivity index (χ1n) is 6.54. The van der Waals surface area contributed by atoms with Gasteiger partial charge in [0.15, 0.2) is 0 Å². The maximum absolute atomic E-state index is 11.2. The molecule has 0 aliphatic heterocycles. The van der Waals surface area contributed by atoms with Gasteiger partial charge >= 0.3 is 5.97 Å². The van der Waals surface area contributed by atoms with E-state index in [1.807, 2.05) is 6.92 Å². The van der Waals surface area contributed by atoms with Gasteiger partial charge in [0.2, 0.25) is 10.0 Å². The first-order valence-corrected chi connectivity index (χ1v) is 8.26. The number of aromatic carboxylic acids is 1. The predicted octanol–water partition coefficient (Wildman–Crippen LogP) is 0.976. The second kappa shape index (κ2) is 5.82. The molecule has 0 saturated heterocycles. The molecule has 0 saturated carbocycles. The van der Waals surface area contributed by atoms with Crippen LogP contribution >= 0.6 is 0 Å². The van der Waals surface area contributed by atoms with Crippen LogP contribution in [0.1, 0.15) is 29.5 Å². The smallest absolute Gasteiger partial charge is 0.335 e. The van der Waals surface area contributed by atoms with Crippen LogP contribution in [0.5, 0.6) is 0 Å². The second-order valence-corrected chi connectivity index (χ2v) is 6.54. The first kappa shape index (κ1) is 15.5. The zero-order valence-corrected chi connectivity index (χ0v) is 12.4. The van der Waals surface area contributed by atoms with Gasteiger partial charge in [-0.2, -0.15) is 0 Å². The fraction of sp³-hybridized carbons (Fsp3) is 0.385. The van der Waals surface area contributed by atoms with Crippen molar-refractivity contribution in [3.63, 3.8) is 0 Å². The molecule has 0 aliphatic rings. The van der Waals surface area contributed by atoms with Crippen molar-refractivity contribution in [2.75, 3.05) is 5.75 Å². The minimum Gasteiger partial charge on any atom is -0.478 e. The van der Waals surface area contributed by atoms with Crippen molar-refractivity contribution < 1.29 is 18.3 Å². The molecule has 0 atom stereocenters. The van der Waals surface area contributed by atoms with Crippen LogP contribution in [0, 0.1) is 0 Å². The van der Waals surface area contributed by atoms with E-state index in [9.17, 15) is 13.2 Å². The highest BCUT2D eigenvalue weighted by Crippen LogP contribution is 2.19. The zero-order chi connectivity index (χ0) is 15.6. The third-order valence-electron chi connectivity index (χ3n) is 3.15. The molecular formula is C13H17N3O4S. The number of rotatable bonds is 6. The molecular weight excluding hydrogens is 294 g/mol. The van der Waals surface area contributed by atoms with Crippen molar-refractivity contribution in [2.45, 2.75) is 26.3 Å². The molecule has 1 aromatic carbocycles. The van der Waals surface area contributed by atoms with Crippen molar-refractivity contribution in [2.24, 2.45) is 5.14 Å².